The van der Waals surface area contributed by atoms with Crippen LogP contribution in [0.4, 0.5) is 0 Å². The largest absolute Gasteiger partial charge is 0.506 e. The molecule has 0 aliphatic rings. The highest BCUT2D eigenvalue weighted by atomic mass is 32.2. The minimum Gasteiger partial charge on any atom is -0.506 e. The molecule has 0 aliphatic heterocycles. The zero-order valence-corrected chi connectivity index (χ0v) is 23.5. The van der Waals surface area contributed by atoms with Crippen molar-refractivity contribution in [2.45, 2.75) is 99.3 Å². The second-order valence-electron chi connectivity index (χ2n) is 12.2. The van der Waals surface area contributed by atoms with Crippen LogP contribution in [0.15, 0.2) is 4.90 Å². The Balaban J connectivity index is 4.29. The van der Waals surface area contributed by atoms with E-state index in [2.05, 4.69) is 62.3 Å². The molecule has 7 heteroatoms. The number of hydrogen-bond donors (Lipinski definition) is 2. The summed E-state index contributed by atoms with van der Waals surface area (Å²) in [7, 11) is -1.92. The zero-order chi connectivity index (χ0) is 26.2. The van der Waals surface area contributed by atoms with E-state index in [1.807, 2.05) is 6.92 Å². The highest BCUT2D eigenvalue weighted by Gasteiger charge is 2.48. The molecule has 0 heterocycles. The summed E-state index contributed by atoms with van der Waals surface area (Å²) in [5.74, 6) is -0.0493. The lowest BCUT2D eigenvalue weighted by Gasteiger charge is -2.49. The molecule has 0 spiro atoms. The number of hydrogen-bond acceptors (Lipinski definition) is 5. The molecule has 0 saturated heterocycles. The van der Waals surface area contributed by atoms with Crippen molar-refractivity contribution in [1.82, 2.24) is 0 Å². The van der Waals surface area contributed by atoms with E-state index >= 15 is 0 Å². The molecule has 1 rings (SSSR count). The average Bonchev–Trinajstić information content (AvgIpc) is 2.57. The summed E-state index contributed by atoms with van der Waals surface area (Å²) in [5.41, 5.74) is 0.242. The molecule has 1 atom stereocenters. The minimum atomic E-state index is -4.77. The number of phenolic OH excluding ortho intramolecular Hbond substituents is 1. The van der Waals surface area contributed by atoms with Crippen molar-refractivity contribution in [2.24, 2.45) is 22.2 Å². The van der Waals surface area contributed by atoms with Gasteiger partial charge in [0.2, 0.25) is 0 Å². The van der Waals surface area contributed by atoms with Gasteiger partial charge in [0.25, 0.3) is 0 Å². The molecule has 0 fully saturated rings. The molecule has 1 aromatic rings. The second-order valence-corrected chi connectivity index (χ2v) is 13.6. The number of aromatic hydroxyl groups is 1. The van der Waals surface area contributed by atoms with Crippen LogP contribution in [0.2, 0.25) is 0 Å². The van der Waals surface area contributed by atoms with Gasteiger partial charge < -0.3 is 14.6 Å². The van der Waals surface area contributed by atoms with E-state index in [0.29, 0.717) is 29.2 Å². The maximum Gasteiger partial charge on any atom is 0.301 e. The fraction of sp³-hybridized carbons (Fsp3) is 0.769. The van der Waals surface area contributed by atoms with Crippen LogP contribution >= 0.6 is 0 Å². The first-order chi connectivity index (χ1) is 14.7. The third kappa shape index (κ3) is 6.56. The van der Waals surface area contributed by atoms with Gasteiger partial charge in [-0.05, 0) is 41.4 Å². The SMILES string of the molecule is CCc1c(OC)c(C(C(C)(C)CC(C)C)C(C)(C)CC(C)(C)C)c(O)c(S(=O)(=O)O)c1OC. The van der Waals surface area contributed by atoms with Gasteiger partial charge in [-0.25, -0.2) is 0 Å². The van der Waals surface area contributed by atoms with E-state index in [9.17, 15) is 18.1 Å². The van der Waals surface area contributed by atoms with Crippen molar-refractivity contribution < 1.29 is 27.6 Å². The highest BCUT2D eigenvalue weighted by molar-refractivity contribution is 7.86. The first kappa shape index (κ1) is 29.6. The summed E-state index contributed by atoms with van der Waals surface area (Å²) >= 11 is 0. The van der Waals surface area contributed by atoms with E-state index < -0.39 is 20.8 Å². The van der Waals surface area contributed by atoms with Gasteiger partial charge in [-0.3, -0.25) is 4.55 Å². The number of methoxy groups -OCH3 is 2. The molecule has 1 unspecified atom stereocenters. The number of rotatable bonds is 10. The summed E-state index contributed by atoms with van der Waals surface area (Å²) < 4.78 is 46.3. The summed E-state index contributed by atoms with van der Waals surface area (Å²) in [6, 6.07) is 0. The topological polar surface area (TPSA) is 93.1 Å². The maximum absolute atomic E-state index is 12.5. The van der Waals surface area contributed by atoms with Crippen LogP contribution in [0.3, 0.4) is 0 Å². The van der Waals surface area contributed by atoms with Crippen molar-refractivity contribution in [3.63, 3.8) is 0 Å². The number of ether oxygens (including phenoxy) is 2. The van der Waals surface area contributed by atoms with Gasteiger partial charge in [0, 0.05) is 17.0 Å². The molecule has 0 saturated carbocycles. The Kier molecular flexibility index (Phi) is 8.98. The Labute approximate surface area is 201 Å². The fourth-order valence-electron chi connectivity index (χ4n) is 6.50. The third-order valence-corrected chi connectivity index (χ3v) is 7.16. The van der Waals surface area contributed by atoms with Gasteiger partial charge in [0.15, 0.2) is 10.6 Å². The Morgan fingerprint density at radius 1 is 0.909 bits per heavy atom. The van der Waals surface area contributed by atoms with Gasteiger partial charge in [0.05, 0.1) is 14.2 Å². The highest BCUT2D eigenvalue weighted by Crippen LogP contribution is 2.60. The number of phenols is 1. The van der Waals surface area contributed by atoms with Crippen LogP contribution < -0.4 is 9.47 Å². The van der Waals surface area contributed by atoms with Gasteiger partial charge in [-0.1, -0.05) is 69.2 Å². The van der Waals surface area contributed by atoms with Crippen LogP contribution in [0, 0.1) is 22.2 Å². The van der Waals surface area contributed by atoms with E-state index in [1.165, 1.54) is 14.2 Å². The van der Waals surface area contributed by atoms with Crippen molar-refractivity contribution in [2.75, 3.05) is 14.2 Å². The molecule has 33 heavy (non-hydrogen) atoms. The van der Waals surface area contributed by atoms with E-state index in [4.69, 9.17) is 9.47 Å². The van der Waals surface area contributed by atoms with E-state index in [1.54, 1.807) is 0 Å². The third-order valence-electron chi connectivity index (χ3n) is 6.26. The Morgan fingerprint density at radius 2 is 1.39 bits per heavy atom. The zero-order valence-electron chi connectivity index (χ0n) is 22.7. The quantitative estimate of drug-likeness (QED) is 0.352. The average molecular weight is 487 g/mol. The van der Waals surface area contributed by atoms with Gasteiger partial charge in [-0.15, -0.1) is 0 Å². The molecule has 0 radical (unpaired) electrons. The fourth-order valence-corrected chi connectivity index (χ4v) is 7.29. The van der Waals surface area contributed by atoms with Crippen molar-refractivity contribution in [1.29, 1.82) is 0 Å². The van der Waals surface area contributed by atoms with Crippen LogP contribution in [0.25, 0.3) is 0 Å². The molecule has 0 aromatic heterocycles. The van der Waals surface area contributed by atoms with Gasteiger partial charge in [-0.2, -0.15) is 8.42 Å². The summed E-state index contributed by atoms with van der Waals surface area (Å²) in [5, 5.41) is 11.5. The van der Waals surface area contributed by atoms with Crippen molar-refractivity contribution >= 4 is 10.1 Å². The molecule has 0 amide bonds. The minimum absolute atomic E-state index is 0.00947. The van der Waals surface area contributed by atoms with Gasteiger partial charge >= 0.3 is 10.1 Å². The first-order valence-electron chi connectivity index (χ1n) is 11.7. The Morgan fingerprint density at radius 3 is 1.73 bits per heavy atom. The standard InChI is InChI=1S/C26H46O6S/c1-13-17-20(31-11)18(19(27)22(21(17)32-12)33(28,29)30)23(25(7,8)14-16(2)3)26(9,10)15-24(4,5)6/h16,23,27H,13-15H2,1-12H3,(H,28,29,30). The molecular formula is C26H46O6S. The smallest absolute Gasteiger partial charge is 0.301 e. The predicted octanol–water partition coefficient (Wildman–Crippen LogP) is 6.84. The lowest BCUT2D eigenvalue weighted by atomic mass is 9.56. The second kappa shape index (κ2) is 10.0. The predicted molar refractivity (Wildman–Crippen MR) is 134 cm³/mol. The molecule has 192 valence electrons. The molecule has 2 N–H and O–H groups in total. The maximum atomic E-state index is 12.5. The van der Waals surface area contributed by atoms with E-state index in [0.717, 1.165) is 12.8 Å². The van der Waals surface area contributed by atoms with Gasteiger partial charge in [0.1, 0.15) is 11.5 Å². The van der Waals surface area contributed by atoms with Crippen LogP contribution in [0.5, 0.6) is 17.2 Å². The lowest BCUT2D eigenvalue weighted by molar-refractivity contribution is 0.0750. The monoisotopic (exact) mass is 486 g/mol. The molecular weight excluding hydrogens is 440 g/mol. The normalized spacial score (nSPS) is 14.5. The van der Waals surface area contributed by atoms with E-state index in [-0.39, 0.29) is 27.9 Å². The molecule has 6 nitrogen and oxygen atoms in total. The Bertz CT molecular complexity index is 937. The van der Waals surface area contributed by atoms with Crippen LogP contribution in [0.1, 0.15) is 99.1 Å². The lowest BCUT2D eigenvalue weighted by Crippen LogP contribution is -2.38. The number of benzene rings is 1. The van der Waals surface area contributed by atoms with Crippen LogP contribution in [-0.2, 0) is 16.5 Å². The van der Waals surface area contributed by atoms with Crippen LogP contribution in [-0.4, -0.2) is 32.3 Å². The Hall–Kier alpha value is -1.47. The summed E-state index contributed by atoms with van der Waals surface area (Å²) in [6.45, 7) is 21.3. The van der Waals surface area contributed by atoms with Crippen molar-refractivity contribution in [3.05, 3.63) is 11.1 Å². The van der Waals surface area contributed by atoms with Crippen molar-refractivity contribution in [3.8, 4) is 17.2 Å². The molecule has 1 aromatic carbocycles. The summed E-state index contributed by atoms with van der Waals surface area (Å²) in [4.78, 5) is -0.588. The molecule has 0 bridgehead atoms. The summed E-state index contributed by atoms with van der Waals surface area (Å²) in [6.07, 6.45) is 2.07. The molecule has 0 aliphatic carbocycles. The first-order valence-corrected chi connectivity index (χ1v) is 13.2.